The number of hydrogen-bond donors (Lipinski definition) is 1. The fourth-order valence-corrected chi connectivity index (χ4v) is 2.85. The molecular weight excluding hydrogens is 304 g/mol. The van der Waals surface area contributed by atoms with Crippen LogP contribution in [0.2, 0.25) is 0 Å². The highest BCUT2D eigenvalue weighted by molar-refractivity contribution is 5.90. The van der Waals surface area contributed by atoms with Gasteiger partial charge in [-0.3, -0.25) is 4.79 Å². The number of hydrogen-bond acceptors (Lipinski definition) is 5. The smallest absolute Gasteiger partial charge is 0.252 e. The Morgan fingerprint density at radius 1 is 1.17 bits per heavy atom. The second-order valence-corrected chi connectivity index (χ2v) is 5.87. The van der Waals surface area contributed by atoms with Gasteiger partial charge in [-0.05, 0) is 37.1 Å². The molecule has 24 heavy (non-hydrogen) atoms. The predicted octanol–water partition coefficient (Wildman–Crippen LogP) is 2.17. The molecule has 2 aromatic rings. The van der Waals surface area contributed by atoms with E-state index in [1.165, 1.54) is 42.4 Å². The Hall–Kier alpha value is -2.88. The van der Waals surface area contributed by atoms with Gasteiger partial charge in [-0.2, -0.15) is 5.26 Å². The summed E-state index contributed by atoms with van der Waals surface area (Å²) in [6, 6.07) is 9.76. The van der Waals surface area contributed by atoms with Gasteiger partial charge in [-0.1, -0.05) is 12.8 Å². The molecule has 1 amide bonds. The van der Waals surface area contributed by atoms with Gasteiger partial charge in [0.15, 0.2) is 0 Å². The summed E-state index contributed by atoms with van der Waals surface area (Å²) in [7, 11) is 0. The molecule has 0 unspecified atom stereocenters. The van der Waals surface area contributed by atoms with Crippen molar-refractivity contribution in [3.63, 3.8) is 0 Å². The van der Waals surface area contributed by atoms with Crippen molar-refractivity contribution in [2.24, 2.45) is 0 Å². The van der Waals surface area contributed by atoms with Crippen LogP contribution in [0.5, 0.6) is 0 Å². The van der Waals surface area contributed by atoms with E-state index >= 15 is 0 Å². The number of nitriles is 1. The first-order valence-corrected chi connectivity index (χ1v) is 8.19. The summed E-state index contributed by atoms with van der Waals surface area (Å²) >= 11 is 0. The molecule has 7 heteroatoms. The topological polar surface area (TPSA) is 86.8 Å². The van der Waals surface area contributed by atoms with Gasteiger partial charge in [0.1, 0.15) is 18.9 Å². The van der Waals surface area contributed by atoms with Gasteiger partial charge >= 0.3 is 0 Å². The van der Waals surface area contributed by atoms with Gasteiger partial charge in [-0.25, -0.2) is 9.67 Å². The van der Waals surface area contributed by atoms with Crippen LogP contribution in [0.15, 0.2) is 30.6 Å². The lowest BCUT2D eigenvalue weighted by Crippen LogP contribution is -2.23. The standard InChI is InChI=1S/C17H20N6O/c18-11-16-19-13-23(21-16)12-17(24)20-14-5-7-15(8-6-14)22-9-3-1-2-4-10-22/h5-8,13H,1-4,9-10,12H2,(H,20,24). The van der Waals surface area contributed by atoms with Crippen molar-refractivity contribution >= 4 is 17.3 Å². The maximum absolute atomic E-state index is 12.0. The highest BCUT2D eigenvalue weighted by atomic mass is 16.2. The van der Waals surface area contributed by atoms with Crippen LogP contribution < -0.4 is 10.2 Å². The van der Waals surface area contributed by atoms with E-state index in [0.29, 0.717) is 0 Å². The van der Waals surface area contributed by atoms with E-state index in [1.54, 1.807) is 0 Å². The van der Waals surface area contributed by atoms with Gasteiger partial charge in [0.25, 0.3) is 5.82 Å². The largest absolute Gasteiger partial charge is 0.372 e. The summed E-state index contributed by atoms with van der Waals surface area (Å²) in [4.78, 5) is 18.2. The van der Waals surface area contributed by atoms with E-state index < -0.39 is 0 Å². The summed E-state index contributed by atoms with van der Waals surface area (Å²) in [5.74, 6) is -0.142. The first kappa shape index (κ1) is 16.0. The molecule has 1 aliphatic rings. The van der Waals surface area contributed by atoms with E-state index in [4.69, 9.17) is 5.26 Å². The average Bonchev–Trinajstić information content (AvgIpc) is 2.87. The maximum Gasteiger partial charge on any atom is 0.252 e. The molecule has 0 atom stereocenters. The zero-order chi connectivity index (χ0) is 16.8. The zero-order valence-electron chi connectivity index (χ0n) is 13.5. The Labute approximate surface area is 140 Å². The molecule has 1 saturated heterocycles. The van der Waals surface area contributed by atoms with Crippen molar-refractivity contribution in [1.82, 2.24) is 14.8 Å². The van der Waals surface area contributed by atoms with Crippen LogP contribution in [0.1, 0.15) is 31.5 Å². The van der Waals surface area contributed by atoms with Crippen molar-refractivity contribution in [2.45, 2.75) is 32.2 Å². The summed E-state index contributed by atoms with van der Waals surface area (Å²) in [5.41, 5.74) is 1.95. The van der Waals surface area contributed by atoms with Crippen molar-refractivity contribution in [3.05, 3.63) is 36.4 Å². The van der Waals surface area contributed by atoms with Crippen LogP contribution in [0.3, 0.4) is 0 Å². The highest BCUT2D eigenvalue weighted by Gasteiger charge is 2.10. The monoisotopic (exact) mass is 324 g/mol. The molecule has 0 radical (unpaired) electrons. The molecule has 1 aromatic carbocycles. The molecular formula is C17H20N6O. The van der Waals surface area contributed by atoms with E-state index in [1.807, 2.05) is 30.3 Å². The Morgan fingerprint density at radius 3 is 2.50 bits per heavy atom. The normalized spacial score (nSPS) is 14.7. The van der Waals surface area contributed by atoms with Crippen LogP contribution in [0.4, 0.5) is 11.4 Å². The summed E-state index contributed by atoms with van der Waals surface area (Å²) in [5, 5.41) is 15.4. The Morgan fingerprint density at radius 2 is 1.88 bits per heavy atom. The Kier molecular flexibility index (Phi) is 5.06. The molecule has 1 N–H and O–H groups in total. The van der Waals surface area contributed by atoms with E-state index in [9.17, 15) is 4.79 Å². The predicted molar refractivity (Wildman–Crippen MR) is 90.5 cm³/mol. The second kappa shape index (κ2) is 7.59. The number of benzene rings is 1. The second-order valence-electron chi connectivity index (χ2n) is 5.87. The number of amides is 1. The molecule has 7 nitrogen and oxygen atoms in total. The summed E-state index contributed by atoms with van der Waals surface area (Å²) < 4.78 is 1.35. The molecule has 0 aliphatic carbocycles. The molecule has 3 rings (SSSR count). The molecule has 1 aliphatic heterocycles. The van der Waals surface area contributed by atoms with Gasteiger partial charge in [-0.15, -0.1) is 5.10 Å². The van der Waals surface area contributed by atoms with Gasteiger partial charge in [0.2, 0.25) is 5.91 Å². The number of anilines is 2. The lowest BCUT2D eigenvalue weighted by atomic mass is 10.2. The first-order chi connectivity index (χ1) is 11.7. The number of carbonyl (C=O) groups is 1. The molecule has 1 aromatic heterocycles. The third-order valence-corrected chi connectivity index (χ3v) is 4.06. The van der Waals surface area contributed by atoms with Gasteiger partial charge < -0.3 is 10.2 Å². The molecule has 0 spiro atoms. The quantitative estimate of drug-likeness (QED) is 0.931. The van der Waals surface area contributed by atoms with Gasteiger partial charge in [0.05, 0.1) is 0 Å². The number of aromatic nitrogens is 3. The highest BCUT2D eigenvalue weighted by Crippen LogP contribution is 2.21. The van der Waals surface area contributed by atoms with Crippen LogP contribution >= 0.6 is 0 Å². The number of carbonyl (C=O) groups excluding carboxylic acids is 1. The molecule has 1 fully saturated rings. The number of rotatable bonds is 4. The van der Waals surface area contributed by atoms with Crippen LogP contribution in [-0.2, 0) is 11.3 Å². The van der Waals surface area contributed by atoms with Crippen LogP contribution in [-0.4, -0.2) is 33.8 Å². The summed E-state index contributed by atoms with van der Waals surface area (Å²) in [6.07, 6.45) is 6.46. The third kappa shape index (κ3) is 4.10. The van der Waals surface area contributed by atoms with Gasteiger partial charge in [0, 0.05) is 24.5 Å². The Bertz CT molecular complexity index is 722. The summed E-state index contributed by atoms with van der Waals surface area (Å²) in [6.45, 7) is 2.22. The first-order valence-electron chi connectivity index (χ1n) is 8.19. The van der Waals surface area contributed by atoms with E-state index in [-0.39, 0.29) is 18.3 Å². The fourth-order valence-electron chi connectivity index (χ4n) is 2.85. The Balaban J connectivity index is 1.57. The van der Waals surface area contributed by atoms with E-state index in [2.05, 4.69) is 20.3 Å². The van der Waals surface area contributed by atoms with Crippen molar-refractivity contribution in [3.8, 4) is 6.07 Å². The van der Waals surface area contributed by atoms with Crippen molar-refractivity contribution in [1.29, 1.82) is 5.26 Å². The maximum atomic E-state index is 12.0. The third-order valence-electron chi connectivity index (χ3n) is 4.06. The number of nitrogens with zero attached hydrogens (tertiary/aromatic N) is 5. The molecule has 2 heterocycles. The minimum Gasteiger partial charge on any atom is -0.372 e. The van der Waals surface area contributed by atoms with Crippen molar-refractivity contribution in [2.75, 3.05) is 23.3 Å². The lowest BCUT2D eigenvalue weighted by Gasteiger charge is -2.22. The fraction of sp³-hybridized carbons (Fsp3) is 0.412. The molecule has 124 valence electrons. The zero-order valence-corrected chi connectivity index (χ0v) is 13.5. The number of nitrogens with one attached hydrogen (secondary N) is 1. The SMILES string of the molecule is N#Cc1ncn(CC(=O)Nc2ccc(N3CCCCCC3)cc2)n1. The minimum atomic E-state index is -0.202. The van der Waals surface area contributed by atoms with Crippen molar-refractivity contribution < 1.29 is 4.79 Å². The van der Waals surface area contributed by atoms with E-state index in [0.717, 1.165) is 18.8 Å². The van der Waals surface area contributed by atoms with Crippen LogP contribution in [0, 0.1) is 11.3 Å². The minimum absolute atomic E-state index is 0.0303. The average molecular weight is 324 g/mol. The molecule has 0 bridgehead atoms. The van der Waals surface area contributed by atoms with Crippen LogP contribution in [0.25, 0.3) is 0 Å². The lowest BCUT2D eigenvalue weighted by molar-refractivity contribution is -0.116. The molecule has 0 saturated carbocycles.